The number of carbonyl (C=O) groups is 2. The van der Waals surface area contributed by atoms with Crippen LogP contribution in [0.1, 0.15) is 57.2 Å². The standard InChI is InChI=1S/C24H36N4O3/c1-5-28-20(16-27-14-7-12-25-13-15-27)21(23(29)31-6-2)22(26-24(28)30)19-10-8-18(9-11-19)17(3)4/h8-11,17,22,25H,5-7,12-16H2,1-4H3,(H,26,30). The van der Waals surface area contributed by atoms with Gasteiger partial charge in [0.05, 0.1) is 18.2 Å². The quantitative estimate of drug-likeness (QED) is 0.653. The number of rotatable bonds is 7. The molecule has 2 aliphatic rings. The zero-order valence-corrected chi connectivity index (χ0v) is 19.2. The van der Waals surface area contributed by atoms with Crippen molar-refractivity contribution in [3.63, 3.8) is 0 Å². The molecule has 0 aromatic heterocycles. The molecule has 1 saturated heterocycles. The molecule has 170 valence electrons. The molecular formula is C24H36N4O3. The molecule has 0 bridgehead atoms. The summed E-state index contributed by atoms with van der Waals surface area (Å²) in [5, 5.41) is 6.46. The number of hydrogen-bond donors (Lipinski definition) is 2. The fourth-order valence-corrected chi connectivity index (χ4v) is 4.25. The maximum Gasteiger partial charge on any atom is 0.338 e. The van der Waals surface area contributed by atoms with Crippen LogP contribution in [0.25, 0.3) is 0 Å². The highest BCUT2D eigenvalue weighted by atomic mass is 16.5. The minimum atomic E-state index is -0.518. The van der Waals surface area contributed by atoms with Crippen molar-refractivity contribution < 1.29 is 14.3 Å². The van der Waals surface area contributed by atoms with Gasteiger partial charge in [-0.1, -0.05) is 38.1 Å². The Morgan fingerprint density at radius 2 is 1.90 bits per heavy atom. The number of amides is 2. The fourth-order valence-electron chi connectivity index (χ4n) is 4.25. The monoisotopic (exact) mass is 428 g/mol. The Kier molecular flexibility index (Phi) is 8.09. The van der Waals surface area contributed by atoms with E-state index in [1.54, 1.807) is 4.90 Å². The molecule has 1 aromatic rings. The summed E-state index contributed by atoms with van der Waals surface area (Å²) in [6.07, 6.45) is 1.04. The Morgan fingerprint density at radius 1 is 1.16 bits per heavy atom. The number of esters is 1. The molecule has 1 fully saturated rings. The van der Waals surface area contributed by atoms with Gasteiger partial charge in [0.15, 0.2) is 0 Å². The van der Waals surface area contributed by atoms with Crippen molar-refractivity contribution >= 4 is 12.0 Å². The molecular weight excluding hydrogens is 392 g/mol. The molecule has 7 nitrogen and oxygen atoms in total. The molecule has 7 heteroatoms. The smallest absolute Gasteiger partial charge is 0.338 e. The first kappa shape index (κ1) is 23.3. The van der Waals surface area contributed by atoms with Crippen LogP contribution in [0.15, 0.2) is 35.5 Å². The molecule has 1 unspecified atom stereocenters. The molecule has 31 heavy (non-hydrogen) atoms. The highest BCUT2D eigenvalue weighted by Gasteiger charge is 2.38. The van der Waals surface area contributed by atoms with E-state index in [0.717, 1.165) is 43.9 Å². The first-order chi connectivity index (χ1) is 15.0. The van der Waals surface area contributed by atoms with Crippen LogP contribution in [0, 0.1) is 0 Å². The van der Waals surface area contributed by atoms with E-state index >= 15 is 0 Å². The van der Waals surface area contributed by atoms with Gasteiger partial charge in [-0.3, -0.25) is 9.80 Å². The van der Waals surface area contributed by atoms with Crippen LogP contribution in [0.5, 0.6) is 0 Å². The second-order valence-corrected chi connectivity index (χ2v) is 8.41. The van der Waals surface area contributed by atoms with Crippen LogP contribution in [-0.2, 0) is 9.53 Å². The Labute approximate surface area is 185 Å². The molecule has 0 saturated carbocycles. The van der Waals surface area contributed by atoms with E-state index in [4.69, 9.17) is 4.74 Å². The number of likely N-dealkylation sites (N-methyl/N-ethyl adjacent to an activating group) is 1. The van der Waals surface area contributed by atoms with Crippen LogP contribution < -0.4 is 10.6 Å². The molecule has 0 radical (unpaired) electrons. The van der Waals surface area contributed by atoms with Crippen LogP contribution >= 0.6 is 0 Å². The number of carbonyl (C=O) groups excluding carboxylic acids is 2. The van der Waals surface area contributed by atoms with Crippen LogP contribution in [0.4, 0.5) is 4.79 Å². The van der Waals surface area contributed by atoms with Gasteiger partial charge in [0.2, 0.25) is 0 Å². The van der Waals surface area contributed by atoms with Crippen molar-refractivity contribution in [1.29, 1.82) is 0 Å². The topological polar surface area (TPSA) is 73.9 Å². The van der Waals surface area contributed by atoms with Gasteiger partial charge in [-0.15, -0.1) is 0 Å². The summed E-state index contributed by atoms with van der Waals surface area (Å²) in [5.74, 6) is 0.0553. The van der Waals surface area contributed by atoms with E-state index in [9.17, 15) is 9.59 Å². The van der Waals surface area contributed by atoms with Gasteiger partial charge in [-0.2, -0.15) is 0 Å². The average molecular weight is 429 g/mol. The summed E-state index contributed by atoms with van der Waals surface area (Å²) in [6.45, 7) is 13.1. The number of nitrogens with zero attached hydrogens (tertiary/aromatic N) is 2. The lowest BCUT2D eigenvalue weighted by Crippen LogP contribution is -2.51. The van der Waals surface area contributed by atoms with Crippen molar-refractivity contribution in [2.45, 2.75) is 46.1 Å². The molecule has 3 rings (SSSR count). The fraction of sp³-hybridized carbons (Fsp3) is 0.583. The zero-order chi connectivity index (χ0) is 22.4. The maximum atomic E-state index is 13.2. The van der Waals surface area contributed by atoms with Crippen molar-refractivity contribution in [3.8, 4) is 0 Å². The summed E-state index contributed by atoms with van der Waals surface area (Å²) in [7, 11) is 0. The minimum Gasteiger partial charge on any atom is -0.463 e. The molecule has 2 aliphatic heterocycles. The second kappa shape index (κ2) is 10.8. The SMILES string of the molecule is CCOC(=O)C1=C(CN2CCCNCC2)N(CC)C(=O)NC1c1ccc(C(C)C)cc1. The van der Waals surface area contributed by atoms with Crippen LogP contribution in [-0.4, -0.2) is 67.7 Å². The summed E-state index contributed by atoms with van der Waals surface area (Å²) in [4.78, 5) is 30.2. The van der Waals surface area contributed by atoms with Gasteiger partial charge in [0.25, 0.3) is 0 Å². The lowest BCUT2D eigenvalue weighted by molar-refractivity contribution is -0.139. The third-order valence-electron chi connectivity index (χ3n) is 5.99. The Balaban J connectivity index is 2.05. The maximum absolute atomic E-state index is 13.2. The van der Waals surface area contributed by atoms with Crippen LogP contribution in [0.3, 0.4) is 0 Å². The van der Waals surface area contributed by atoms with E-state index in [1.165, 1.54) is 5.56 Å². The molecule has 2 amide bonds. The lowest BCUT2D eigenvalue weighted by Gasteiger charge is -2.38. The number of urea groups is 1. The highest BCUT2D eigenvalue weighted by molar-refractivity contribution is 5.95. The number of ether oxygens (including phenoxy) is 1. The summed E-state index contributed by atoms with van der Waals surface area (Å²) in [6, 6.07) is 7.47. The first-order valence-corrected chi connectivity index (χ1v) is 11.5. The van der Waals surface area contributed by atoms with Gasteiger partial charge in [-0.25, -0.2) is 9.59 Å². The molecule has 1 aromatic carbocycles. The van der Waals surface area contributed by atoms with E-state index < -0.39 is 6.04 Å². The Bertz CT molecular complexity index is 796. The van der Waals surface area contributed by atoms with Gasteiger partial charge < -0.3 is 15.4 Å². The van der Waals surface area contributed by atoms with Gasteiger partial charge >= 0.3 is 12.0 Å². The first-order valence-electron chi connectivity index (χ1n) is 11.5. The predicted molar refractivity (Wildman–Crippen MR) is 122 cm³/mol. The Morgan fingerprint density at radius 3 is 2.55 bits per heavy atom. The van der Waals surface area contributed by atoms with Gasteiger partial charge in [-0.05, 0) is 50.4 Å². The van der Waals surface area contributed by atoms with Crippen molar-refractivity contribution in [3.05, 3.63) is 46.7 Å². The van der Waals surface area contributed by atoms with Gasteiger partial charge in [0.1, 0.15) is 0 Å². The Hall–Kier alpha value is -2.38. The van der Waals surface area contributed by atoms with E-state index in [1.807, 2.05) is 26.0 Å². The number of nitrogens with one attached hydrogen (secondary N) is 2. The van der Waals surface area contributed by atoms with Crippen molar-refractivity contribution in [2.75, 3.05) is 45.9 Å². The zero-order valence-electron chi connectivity index (χ0n) is 19.2. The normalized spacial score (nSPS) is 20.6. The summed E-state index contributed by atoms with van der Waals surface area (Å²) in [5.41, 5.74) is 3.41. The number of hydrogen-bond acceptors (Lipinski definition) is 5. The third-order valence-corrected chi connectivity index (χ3v) is 5.99. The van der Waals surface area contributed by atoms with E-state index in [2.05, 4.69) is 41.5 Å². The predicted octanol–water partition coefficient (Wildman–Crippen LogP) is 3.01. The van der Waals surface area contributed by atoms with Crippen LogP contribution in [0.2, 0.25) is 0 Å². The number of benzene rings is 1. The van der Waals surface area contributed by atoms with Crippen molar-refractivity contribution in [1.82, 2.24) is 20.4 Å². The second-order valence-electron chi connectivity index (χ2n) is 8.41. The molecule has 2 N–H and O–H groups in total. The molecule has 2 heterocycles. The summed E-state index contributed by atoms with van der Waals surface area (Å²) < 4.78 is 5.46. The van der Waals surface area contributed by atoms with E-state index in [0.29, 0.717) is 31.2 Å². The molecule has 0 aliphatic carbocycles. The van der Waals surface area contributed by atoms with Gasteiger partial charge in [0, 0.05) is 31.9 Å². The lowest BCUT2D eigenvalue weighted by atomic mass is 9.92. The third kappa shape index (κ3) is 5.46. The largest absolute Gasteiger partial charge is 0.463 e. The summed E-state index contributed by atoms with van der Waals surface area (Å²) >= 11 is 0. The average Bonchev–Trinajstić information content (AvgIpc) is 3.02. The van der Waals surface area contributed by atoms with E-state index in [-0.39, 0.29) is 12.0 Å². The molecule has 1 atom stereocenters. The molecule has 0 spiro atoms. The minimum absolute atomic E-state index is 0.170. The highest BCUT2D eigenvalue weighted by Crippen LogP contribution is 2.32. The van der Waals surface area contributed by atoms with Crippen molar-refractivity contribution in [2.24, 2.45) is 0 Å².